The molecule has 0 fully saturated rings. The van der Waals surface area contributed by atoms with Crippen molar-refractivity contribution >= 4 is 54.4 Å². The van der Waals surface area contributed by atoms with Gasteiger partial charge in [-0.3, -0.25) is 4.98 Å². The summed E-state index contributed by atoms with van der Waals surface area (Å²) in [7, 11) is 0. The van der Waals surface area contributed by atoms with Crippen molar-refractivity contribution in [1.82, 2.24) is 14.5 Å². The zero-order valence-electron chi connectivity index (χ0n) is 26.6. The van der Waals surface area contributed by atoms with Gasteiger partial charge in [-0.15, -0.1) is 0 Å². The van der Waals surface area contributed by atoms with E-state index in [1.54, 1.807) is 0 Å². The molecule has 0 N–H and O–H groups in total. The Bertz CT molecular complexity index is 2770. The second-order valence-electron chi connectivity index (χ2n) is 12.6. The maximum absolute atomic E-state index is 5.17. The number of fused-ring (bicyclic) bond motifs is 9. The molecule has 10 rings (SSSR count). The largest absolute Gasteiger partial charge is 0.309 e. The molecule has 0 aliphatic rings. The zero-order valence-corrected chi connectivity index (χ0v) is 26.6. The van der Waals surface area contributed by atoms with Crippen molar-refractivity contribution in [3.8, 4) is 39.2 Å². The summed E-state index contributed by atoms with van der Waals surface area (Å²) < 4.78 is 2.36. The summed E-state index contributed by atoms with van der Waals surface area (Å²) in [6, 6.07) is 60.6. The summed E-state index contributed by atoms with van der Waals surface area (Å²) in [4.78, 5) is 10.1. The number of hydrogen-bond acceptors (Lipinski definition) is 2. The van der Waals surface area contributed by atoms with Gasteiger partial charge in [0.1, 0.15) is 0 Å². The van der Waals surface area contributed by atoms with Crippen LogP contribution in [0.5, 0.6) is 0 Å². The van der Waals surface area contributed by atoms with Crippen LogP contribution in [0.25, 0.3) is 93.6 Å². The van der Waals surface area contributed by atoms with E-state index >= 15 is 0 Å². The van der Waals surface area contributed by atoms with E-state index in [0.29, 0.717) is 0 Å². The molecule has 0 saturated heterocycles. The Hall–Kier alpha value is -6.58. The van der Waals surface area contributed by atoms with Gasteiger partial charge < -0.3 is 4.57 Å². The average molecular weight is 624 g/mol. The normalized spacial score (nSPS) is 11.7. The number of benzene rings is 8. The van der Waals surface area contributed by atoms with E-state index in [1.165, 1.54) is 49.3 Å². The highest BCUT2D eigenvalue weighted by molar-refractivity contribution is 6.23. The predicted octanol–water partition coefficient (Wildman–Crippen LogP) is 12.0. The van der Waals surface area contributed by atoms with Gasteiger partial charge in [-0.2, -0.15) is 0 Å². The maximum Gasteiger partial charge on any atom is 0.0979 e. The molecule has 3 heteroatoms. The smallest absolute Gasteiger partial charge is 0.0979 e. The monoisotopic (exact) mass is 623 g/mol. The third-order valence-corrected chi connectivity index (χ3v) is 9.84. The molecule has 10 aromatic rings. The standard InChI is InChI=1S/C46H29N3/c1-3-16-40-36(12-1)37-13-2-4-17-41(37)46-45(40)47-29-42(48-46)32-22-20-30(21-23-32)33-10-9-11-34(28-33)31-24-26-35(27-25-31)49-43-18-7-5-14-38(43)39-15-6-8-19-44(39)49/h1-29H. The quantitative estimate of drug-likeness (QED) is 0.183. The Morgan fingerprint density at radius 1 is 0.347 bits per heavy atom. The van der Waals surface area contributed by atoms with Crippen molar-refractivity contribution in [2.24, 2.45) is 0 Å². The highest BCUT2D eigenvalue weighted by Crippen LogP contribution is 2.36. The lowest BCUT2D eigenvalue weighted by atomic mass is 9.97. The van der Waals surface area contributed by atoms with Gasteiger partial charge in [-0.1, -0.05) is 140 Å². The van der Waals surface area contributed by atoms with Crippen LogP contribution in [0, 0.1) is 0 Å². The molecule has 228 valence electrons. The number of para-hydroxylation sites is 2. The van der Waals surface area contributed by atoms with Gasteiger partial charge in [0.25, 0.3) is 0 Å². The molecule has 3 nitrogen and oxygen atoms in total. The summed E-state index contributed by atoms with van der Waals surface area (Å²) in [5.41, 5.74) is 12.1. The Kier molecular flexibility index (Phi) is 6.18. The summed E-state index contributed by atoms with van der Waals surface area (Å²) in [5, 5.41) is 7.21. The molecule has 2 aromatic heterocycles. The van der Waals surface area contributed by atoms with Gasteiger partial charge >= 0.3 is 0 Å². The number of hydrogen-bond donors (Lipinski definition) is 0. The molecule has 0 atom stereocenters. The zero-order chi connectivity index (χ0) is 32.3. The first-order valence-corrected chi connectivity index (χ1v) is 16.7. The van der Waals surface area contributed by atoms with Crippen LogP contribution in [-0.2, 0) is 0 Å². The van der Waals surface area contributed by atoms with Crippen LogP contribution in [0.2, 0.25) is 0 Å². The average Bonchev–Trinajstić information content (AvgIpc) is 3.52. The third kappa shape index (κ3) is 4.44. The lowest BCUT2D eigenvalue weighted by Crippen LogP contribution is -1.93. The highest BCUT2D eigenvalue weighted by atomic mass is 15.0. The molecule has 0 radical (unpaired) electrons. The van der Waals surface area contributed by atoms with Crippen molar-refractivity contribution in [1.29, 1.82) is 0 Å². The number of nitrogens with zero attached hydrogens (tertiary/aromatic N) is 3. The van der Waals surface area contributed by atoms with Crippen LogP contribution in [0.4, 0.5) is 0 Å². The van der Waals surface area contributed by atoms with Crippen molar-refractivity contribution in [2.75, 3.05) is 0 Å². The molecule has 0 unspecified atom stereocenters. The van der Waals surface area contributed by atoms with Crippen LogP contribution in [0.1, 0.15) is 0 Å². The van der Waals surface area contributed by atoms with Crippen LogP contribution in [0.15, 0.2) is 176 Å². The molecule has 0 bridgehead atoms. The van der Waals surface area contributed by atoms with Crippen LogP contribution >= 0.6 is 0 Å². The van der Waals surface area contributed by atoms with Crippen molar-refractivity contribution in [2.45, 2.75) is 0 Å². The Balaban J connectivity index is 0.977. The topological polar surface area (TPSA) is 30.7 Å². The first-order chi connectivity index (χ1) is 24.3. The van der Waals surface area contributed by atoms with E-state index in [9.17, 15) is 0 Å². The van der Waals surface area contributed by atoms with Crippen LogP contribution in [0.3, 0.4) is 0 Å². The summed E-state index contributed by atoms with van der Waals surface area (Å²) in [6.45, 7) is 0. The van der Waals surface area contributed by atoms with Gasteiger partial charge in [0.15, 0.2) is 0 Å². The van der Waals surface area contributed by atoms with Crippen molar-refractivity contribution < 1.29 is 0 Å². The molecule has 0 amide bonds. The third-order valence-electron chi connectivity index (χ3n) is 9.84. The van der Waals surface area contributed by atoms with E-state index in [2.05, 4.69) is 174 Å². The minimum absolute atomic E-state index is 0.872. The first-order valence-electron chi connectivity index (χ1n) is 16.7. The summed E-state index contributed by atoms with van der Waals surface area (Å²) in [6.07, 6.45) is 1.90. The molecule has 8 aromatic carbocycles. The number of rotatable bonds is 4. The summed E-state index contributed by atoms with van der Waals surface area (Å²) in [5.74, 6) is 0. The molecular formula is C46H29N3. The van der Waals surface area contributed by atoms with E-state index in [1.807, 2.05) is 6.20 Å². The lowest BCUT2D eigenvalue weighted by Gasteiger charge is -2.11. The molecule has 0 spiro atoms. The van der Waals surface area contributed by atoms with Gasteiger partial charge in [0.05, 0.1) is 34.0 Å². The summed E-state index contributed by atoms with van der Waals surface area (Å²) >= 11 is 0. The molecule has 2 heterocycles. The van der Waals surface area contributed by atoms with Gasteiger partial charge in [0, 0.05) is 32.8 Å². The fraction of sp³-hybridized carbons (Fsp3) is 0. The molecule has 49 heavy (non-hydrogen) atoms. The fourth-order valence-corrected chi connectivity index (χ4v) is 7.48. The fourth-order valence-electron chi connectivity index (χ4n) is 7.48. The van der Waals surface area contributed by atoms with Crippen LogP contribution in [-0.4, -0.2) is 14.5 Å². The van der Waals surface area contributed by atoms with Crippen molar-refractivity contribution in [3.63, 3.8) is 0 Å². The van der Waals surface area contributed by atoms with Gasteiger partial charge in [0.2, 0.25) is 0 Å². The second kappa shape index (κ2) is 11.0. The second-order valence-corrected chi connectivity index (χ2v) is 12.6. The molecule has 0 aliphatic heterocycles. The van der Waals surface area contributed by atoms with E-state index < -0.39 is 0 Å². The minimum atomic E-state index is 0.872. The molecular weight excluding hydrogens is 595 g/mol. The van der Waals surface area contributed by atoms with Gasteiger partial charge in [-0.05, 0) is 63.4 Å². The van der Waals surface area contributed by atoms with E-state index in [4.69, 9.17) is 9.97 Å². The predicted molar refractivity (Wildman–Crippen MR) is 205 cm³/mol. The molecule has 0 saturated carbocycles. The first kappa shape index (κ1) is 27.5. The SMILES string of the molecule is c1cc(-c2ccc(-c3cnc4c5ccccc5c5ccccc5c4n3)cc2)cc(-c2ccc(-n3c4ccccc4c4ccccc43)cc2)c1. The van der Waals surface area contributed by atoms with E-state index in [-0.39, 0.29) is 0 Å². The Morgan fingerprint density at radius 3 is 1.41 bits per heavy atom. The molecule has 0 aliphatic carbocycles. The van der Waals surface area contributed by atoms with Crippen molar-refractivity contribution in [3.05, 3.63) is 176 Å². The Morgan fingerprint density at radius 2 is 0.816 bits per heavy atom. The van der Waals surface area contributed by atoms with Crippen LogP contribution < -0.4 is 0 Å². The Labute approximate surface area is 283 Å². The van der Waals surface area contributed by atoms with Gasteiger partial charge in [-0.25, -0.2) is 4.98 Å². The highest BCUT2D eigenvalue weighted by Gasteiger charge is 2.14. The lowest BCUT2D eigenvalue weighted by molar-refractivity contribution is 1.18. The maximum atomic E-state index is 5.17. The van der Waals surface area contributed by atoms with E-state index in [0.717, 1.165) is 44.3 Å². The minimum Gasteiger partial charge on any atom is -0.309 e. The number of aromatic nitrogens is 3.